The first-order valence-corrected chi connectivity index (χ1v) is 35.1. The molecule has 0 aliphatic heterocycles. The first kappa shape index (κ1) is 75.3. The Bertz CT molecular complexity index is 1200. The summed E-state index contributed by atoms with van der Waals surface area (Å²) in [5, 5.41) is 23.5. The van der Waals surface area contributed by atoms with Crippen LogP contribution < -0.4 is 5.32 Å². The Morgan fingerprint density at radius 3 is 1.04 bits per heavy atom. The van der Waals surface area contributed by atoms with Gasteiger partial charge in [0.05, 0.1) is 25.4 Å². The summed E-state index contributed by atoms with van der Waals surface area (Å²) in [7, 11) is 0. The lowest BCUT2D eigenvalue weighted by atomic mass is 10.0. The second kappa shape index (κ2) is 66.8. The number of unbranched alkanes of at least 4 members (excludes halogenated alkanes) is 51. The first-order chi connectivity index (χ1) is 38.0. The smallest absolute Gasteiger partial charge is 0.305 e. The molecule has 0 heterocycles. The van der Waals surface area contributed by atoms with E-state index in [-0.39, 0.29) is 18.5 Å². The average Bonchev–Trinajstić information content (AvgIpc) is 3.43. The zero-order valence-corrected chi connectivity index (χ0v) is 52.2. The summed E-state index contributed by atoms with van der Waals surface area (Å²) in [5.41, 5.74) is 0. The van der Waals surface area contributed by atoms with E-state index in [0.717, 1.165) is 51.4 Å². The number of esters is 1. The third-order valence-electron chi connectivity index (χ3n) is 16.5. The number of amides is 1. The largest absolute Gasteiger partial charge is 0.466 e. The molecule has 2 unspecified atom stereocenters. The fourth-order valence-electron chi connectivity index (χ4n) is 11.2. The maximum Gasteiger partial charge on any atom is 0.305 e. The normalized spacial score (nSPS) is 12.6. The molecule has 0 aromatic carbocycles. The highest BCUT2D eigenvalue weighted by molar-refractivity contribution is 5.76. The maximum atomic E-state index is 12.6. The molecule has 0 aromatic rings. The quantitative estimate of drug-likeness (QED) is 0.0320. The summed E-state index contributed by atoms with van der Waals surface area (Å²) in [4.78, 5) is 24.6. The van der Waals surface area contributed by atoms with Gasteiger partial charge in [-0.05, 0) is 51.4 Å². The number of carbonyl (C=O) groups excluding carboxylic acids is 2. The summed E-state index contributed by atoms with van der Waals surface area (Å²) < 4.78 is 5.47. The molecular formula is C71H137NO5. The number of nitrogens with one attached hydrogen (secondary N) is 1. The molecule has 0 aliphatic carbocycles. The van der Waals surface area contributed by atoms with Crippen molar-refractivity contribution in [3.8, 4) is 0 Å². The van der Waals surface area contributed by atoms with Crippen molar-refractivity contribution in [3.05, 3.63) is 24.3 Å². The Kier molecular flexibility index (Phi) is 65.4. The zero-order chi connectivity index (χ0) is 55.7. The standard InChI is InChI=1S/C71H137NO5/c1-3-5-7-9-11-13-15-17-18-19-20-21-22-23-24-27-30-33-36-40-43-47-51-55-59-63-69(74)68(67-73)72-70(75)64-60-56-52-48-44-41-37-34-31-28-25-26-29-32-35-38-42-46-50-54-58-62-66-77-71(76)65-61-57-53-49-45-39-16-14-12-10-8-6-4-2/h8,10,14,16,68-69,73-74H,3-7,9,11-13,15,17-67H2,1-2H3,(H,72,75)/b10-8-,16-14-. The van der Waals surface area contributed by atoms with Crippen molar-refractivity contribution >= 4 is 11.9 Å². The minimum atomic E-state index is -0.666. The Morgan fingerprint density at radius 1 is 0.364 bits per heavy atom. The molecule has 456 valence electrons. The lowest BCUT2D eigenvalue weighted by molar-refractivity contribution is -0.143. The Balaban J connectivity index is 3.38. The Hall–Kier alpha value is -1.66. The van der Waals surface area contributed by atoms with Crippen LogP contribution in [0.1, 0.15) is 393 Å². The van der Waals surface area contributed by atoms with Gasteiger partial charge < -0.3 is 20.3 Å². The van der Waals surface area contributed by atoms with Crippen molar-refractivity contribution in [2.24, 2.45) is 0 Å². The zero-order valence-electron chi connectivity index (χ0n) is 52.2. The van der Waals surface area contributed by atoms with Gasteiger partial charge in [-0.1, -0.05) is 353 Å². The molecule has 0 saturated carbocycles. The van der Waals surface area contributed by atoms with Gasteiger partial charge in [-0.15, -0.1) is 0 Å². The van der Waals surface area contributed by atoms with Gasteiger partial charge in [-0.3, -0.25) is 9.59 Å². The predicted octanol–water partition coefficient (Wildman–Crippen LogP) is 22.5. The van der Waals surface area contributed by atoms with E-state index in [9.17, 15) is 19.8 Å². The van der Waals surface area contributed by atoms with E-state index in [2.05, 4.69) is 43.5 Å². The molecular weight excluding hydrogens is 947 g/mol. The van der Waals surface area contributed by atoms with Gasteiger partial charge in [0.1, 0.15) is 0 Å². The number of ether oxygens (including phenoxy) is 1. The van der Waals surface area contributed by atoms with Crippen LogP contribution in [0.4, 0.5) is 0 Å². The van der Waals surface area contributed by atoms with E-state index in [0.29, 0.717) is 25.9 Å². The molecule has 0 radical (unpaired) electrons. The number of hydrogen-bond donors (Lipinski definition) is 3. The van der Waals surface area contributed by atoms with E-state index in [1.165, 1.54) is 308 Å². The molecule has 0 fully saturated rings. The highest BCUT2D eigenvalue weighted by Crippen LogP contribution is 2.19. The van der Waals surface area contributed by atoms with Gasteiger partial charge in [0.25, 0.3) is 0 Å². The molecule has 6 nitrogen and oxygen atoms in total. The van der Waals surface area contributed by atoms with Crippen molar-refractivity contribution in [2.75, 3.05) is 13.2 Å². The number of aliphatic hydroxyl groups excluding tert-OH is 2. The lowest BCUT2D eigenvalue weighted by Crippen LogP contribution is -2.45. The molecule has 0 rings (SSSR count). The van der Waals surface area contributed by atoms with Gasteiger partial charge in [0.2, 0.25) is 5.91 Å². The number of carbonyl (C=O) groups is 2. The molecule has 0 saturated heterocycles. The van der Waals surface area contributed by atoms with Gasteiger partial charge in [-0.2, -0.15) is 0 Å². The van der Waals surface area contributed by atoms with Crippen molar-refractivity contribution in [1.29, 1.82) is 0 Å². The second-order valence-corrected chi connectivity index (χ2v) is 24.2. The van der Waals surface area contributed by atoms with Crippen molar-refractivity contribution in [1.82, 2.24) is 5.32 Å². The summed E-state index contributed by atoms with van der Waals surface area (Å²) in [6.45, 7) is 4.92. The van der Waals surface area contributed by atoms with Crippen LogP contribution in [0.5, 0.6) is 0 Å². The number of allylic oxidation sites excluding steroid dienone is 4. The van der Waals surface area contributed by atoms with Gasteiger partial charge in [-0.25, -0.2) is 0 Å². The lowest BCUT2D eigenvalue weighted by Gasteiger charge is -2.22. The van der Waals surface area contributed by atoms with Crippen molar-refractivity contribution < 1.29 is 24.5 Å². The van der Waals surface area contributed by atoms with E-state index in [1.54, 1.807) is 0 Å². The van der Waals surface area contributed by atoms with Crippen LogP contribution in [0.25, 0.3) is 0 Å². The van der Waals surface area contributed by atoms with Crippen LogP contribution >= 0.6 is 0 Å². The highest BCUT2D eigenvalue weighted by atomic mass is 16.5. The third kappa shape index (κ3) is 63.4. The molecule has 0 aliphatic rings. The molecule has 2 atom stereocenters. The molecule has 1 amide bonds. The van der Waals surface area contributed by atoms with Crippen molar-refractivity contribution in [2.45, 2.75) is 405 Å². The van der Waals surface area contributed by atoms with E-state index in [1.807, 2.05) is 0 Å². The fraction of sp³-hybridized carbons (Fsp3) is 0.915. The predicted molar refractivity (Wildman–Crippen MR) is 338 cm³/mol. The van der Waals surface area contributed by atoms with Crippen LogP contribution in [-0.2, 0) is 14.3 Å². The van der Waals surface area contributed by atoms with Gasteiger partial charge >= 0.3 is 5.97 Å². The molecule has 0 aromatic heterocycles. The number of aliphatic hydroxyl groups is 2. The number of hydrogen-bond acceptors (Lipinski definition) is 5. The van der Waals surface area contributed by atoms with E-state index >= 15 is 0 Å². The molecule has 77 heavy (non-hydrogen) atoms. The summed E-state index contributed by atoms with van der Waals surface area (Å²) >= 11 is 0. The van der Waals surface area contributed by atoms with Gasteiger partial charge in [0.15, 0.2) is 0 Å². The molecule has 6 heteroatoms. The molecule has 3 N–H and O–H groups in total. The van der Waals surface area contributed by atoms with Crippen LogP contribution in [0.2, 0.25) is 0 Å². The Morgan fingerprint density at radius 2 is 0.675 bits per heavy atom. The van der Waals surface area contributed by atoms with Gasteiger partial charge in [0, 0.05) is 12.8 Å². The number of rotatable bonds is 66. The van der Waals surface area contributed by atoms with Crippen LogP contribution in [-0.4, -0.2) is 47.4 Å². The maximum absolute atomic E-state index is 12.6. The monoisotopic (exact) mass is 1080 g/mol. The van der Waals surface area contributed by atoms with E-state index in [4.69, 9.17) is 4.74 Å². The minimum absolute atomic E-state index is 0.00115. The highest BCUT2D eigenvalue weighted by Gasteiger charge is 2.20. The van der Waals surface area contributed by atoms with Crippen LogP contribution in [0.3, 0.4) is 0 Å². The fourth-order valence-corrected chi connectivity index (χ4v) is 11.2. The summed E-state index contributed by atoms with van der Waals surface area (Å²) in [6, 6.07) is -0.543. The van der Waals surface area contributed by atoms with E-state index < -0.39 is 12.1 Å². The molecule has 0 spiro atoms. The second-order valence-electron chi connectivity index (χ2n) is 24.2. The van der Waals surface area contributed by atoms with Crippen molar-refractivity contribution in [3.63, 3.8) is 0 Å². The molecule has 0 bridgehead atoms. The average molecular weight is 1080 g/mol. The van der Waals surface area contributed by atoms with Crippen LogP contribution in [0, 0.1) is 0 Å². The SMILES string of the molecule is CCC/C=C\C/C=C\CCCCCCCC(=O)OCCCCCCCCCCCCCCCCCCCCCCCCC(=O)NC(CO)C(O)CCCCCCCCCCCCCCCCCCCCCCCCCCC. The minimum Gasteiger partial charge on any atom is -0.466 e. The topological polar surface area (TPSA) is 95.9 Å². The first-order valence-electron chi connectivity index (χ1n) is 35.1. The van der Waals surface area contributed by atoms with Crippen LogP contribution in [0.15, 0.2) is 24.3 Å². The summed E-state index contributed by atoms with van der Waals surface area (Å²) in [5.74, 6) is -0.0316. The Labute approximate surface area is 481 Å². The summed E-state index contributed by atoms with van der Waals surface area (Å²) in [6.07, 6.45) is 83.6. The third-order valence-corrected chi connectivity index (χ3v) is 16.5.